The summed E-state index contributed by atoms with van der Waals surface area (Å²) in [5, 5.41) is 0. The first-order valence-corrected chi connectivity index (χ1v) is 6.89. The second-order valence-corrected chi connectivity index (χ2v) is 5.60. The van der Waals surface area contributed by atoms with Gasteiger partial charge in [-0.3, -0.25) is 0 Å². The fourth-order valence-corrected chi connectivity index (χ4v) is 2.67. The second kappa shape index (κ2) is 6.52. The molecule has 1 rings (SSSR count). The Morgan fingerprint density at radius 3 is 2.47 bits per heavy atom. The van der Waals surface area contributed by atoms with E-state index in [-0.39, 0.29) is 0 Å². The number of nitrogens with zero attached hydrogens (tertiary/aromatic N) is 1. The summed E-state index contributed by atoms with van der Waals surface area (Å²) in [7, 11) is 0. The van der Waals surface area contributed by atoms with E-state index in [1.54, 1.807) is 0 Å². The van der Waals surface area contributed by atoms with Crippen LogP contribution in [0.5, 0.6) is 0 Å². The smallest absolute Gasteiger partial charge is 0.00926 e. The molecule has 1 nitrogen and oxygen atoms in total. The molecule has 3 unspecified atom stereocenters. The predicted octanol–water partition coefficient (Wildman–Crippen LogP) is 3.93. The van der Waals surface area contributed by atoms with E-state index in [4.69, 9.17) is 0 Å². The van der Waals surface area contributed by atoms with E-state index in [9.17, 15) is 0 Å². The van der Waals surface area contributed by atoms with Gasteiger partial charge in [-0.25, -0.2) is 0 Å². The molecule has 0 bridgehead atoms. The standard InChI is InChI=1S/C14H29N/c1-5-6-7-10-15-11-12(2)8-9-13(3)14(15)4/h12-14H,5-11H2,1-4H3. The summed E-state index contributed by atoms with van der Waals surface area (Å²) >= 11 is 0. The molecule has 0 spiro atoms. The van der Waals surface area contributed by atoms with Crippen LogP contribution in [0.2, 0.25) is 0 Å². The van der Waals surface area contributed by atoms with E-state index in [0.29, 0.717) is 0 Å². The second-order valence-electron chi connectivity index (χ2n) is 5.60. The molecule has 0 aliphatic carbocycles. The zero-order chi connectivity index (χ0) is 11.3. The maximum absolute atomic E-state index is 2.73. The van der Waals surface area contributed by atoms with Crippen LogP contribution in [0.25, 0.3) is 0 Å². The monoisotopic (exact) mass is 211 g/mol. The third-order valence-corrected chi connectivity index (χ3v) is 4.11. The molecular weight excluding hydrogens is 182 g/mol. The lowest BCUT2D eigenvalue weighted by molar-refractivity contribution is 0.162. The van der Waals surface area contributed by atoms with E-state index in [2.05, 4.69) is 32.6 Å². The molecule has 1 aliphatic heterocycles. The highest BCUT2D eigenvalue weighted by Gasteiger charge is 2.25. The summed E-state index contributed by atoms with van der Waals surface area (Å²) in [5.74, 6) is 1.79. The number of likely N-dealkylation sites (tertiary alicyclic amines) is 1. The molecule has 1 heterocycles. The van der Waals surface area contributed by atoms with Gasteiger partial charge in [0, 0.05) is 12.6 Å². The number of hydrogen-bond acceptors (Lipinski definition) is 1. The van der Waals surface area contributed by atoms with Crippen molar-refractivity contribution in [1.82, 2.24) is 4.90 Å². The maximum Gasteiger partial charge on any atom is 0.00926 e. The topological polar surface area (TPSA) is 3.24 Å². The Morgan fingerprint density at radius 1 is 1.07 bits per heavy atom. The van der Waals surface area contributed by atoms with E-state index < -0.39 is 0 Å². The van der Waals surface area contributed by atoms with Crippen molar-refractivity contribution in [2.24, 2.45) is 11.8 Å². The molecule has 1 fully saturated rings. The fraction of sp³-hybridized carbons (Fsp3) is 1.00. The molecule has 3 atom stereocenters. The van der Waals surface area contributed by atoms with Gasteiger partial charge in [0.05, 0.1) is 0 Å². The van der Waals surface area contributed by atoms with Crippen molar-refractivity contribution in [3.8, 4) is 0 Å². The molecule has 0 amide bonds. The van der Waals surface area contributed by atoms with Gasteiger partial charge in [-0.2, -0.15) is 0 Å². The lowest BCUT2D eigenvalue weighted by atomic mass is 9.96. The van der Waals surface area contributed by atoms with Gasteiger partial charge < -0.3 is 4.90 Å². The average molecular weight is 211 g/mol. The van der Waals surface area contributed by atoms with Gasteiger partial charge in [0.15, 0.2) is 0 Å². The van der Waals surface area contributed by atoms with Crippen molar-refractivity contribution < 1.29 is 0 Å². The Bertz CT molecular complexity index is 167. The molecule has 0 radical (unpaired) electrons. The molecule has 0 N–H and O–H groups in total. The minimum Gasteiger partial charge on any atom is -0.300 e. The Balaban J connectivity index is 2.42. The summed E-state index contributed by atoms with van der Waals surface area (Å²) in [4.78, 5) is 2.73. The van der Waals surface area contributed by atoms with Crippen molar-refractivity contribution in [2.45, 2.75) is 65.8 Å². The Morgan fingerprint density at radius 2 is 1.80 bits per heavy atom. The average Bonchev–Trinajstić information content (AvgIpc) is 2.33. The molecule has 0 saturated carbocycles. The van der Waals surface area contributed by atoms with Crippen molar-refractivity contribution in [3.05, 3.63) is 0 Å². The minimum absolute atomic E-state index is 0.798. The van der Waals surface area contributed by atoms with Gasteiger partial charge in [0.2, 0.25) is 0 Å². The molecule has 1 saturated heterocycles. The largest absolute Gasteiger partial charge is 0.300 e. The summed E-state index contributed by atoms with van der Waals surface area (Å²) in [5.41, 5.74) is 0. The highest BCUT2D eigenvalue weighted by atomic mass is 15.2. The molecule has 0 aromatic carbocycles. The van der Waals surface area contributed by atoms with Crippen LogP contribution in [0, 0.1) is 11.8 Å². The van der Waals surface area contributed by atoms with Crippen molar-refractivity contribution in [1.29, 1.82) is 0 Å². The van der Waals surface area contributed by atoms with E-state index in [1.807, 2.05) is 0 Å². The van der Waals surface area contributed by atoms with Gasteiger partial charge in [-0.05, 0) is 44.6 Å². The van der Waals surface area contributed by atoms with Crippen molar-refractivity contribution in [2.75, 3.05) is 13.1 Å². The highest BCUT2D eigenvalue weighted by Crippen LogP contribution is 2.25. The first-order valence-electron chi connectivity index (χ1n) is 6.89. The zero-order valence-electron chi connectivity index (χ0n) is 11.1. The molecule has 90 valence electrons. The lowest BCUT2D eigenvalue weighted by Crippen LogP contribution is -2.38. The van der Waals surface area contributed by atoms with Crippen LogP contribution in [0.15, 0.2) is 0 Å². The number of hydrogen-bond donors (Lipinski definition) is 0. The summed E-state index contributed by atoms with van der Waals surface area (Å²) in [6.07, 6.45) is 6.97. The zero-order valence-corrected chi connectivity index (χ0v) is 11.1. The molecule has 1 heteroatoms. The summed E-state index contributed by atoms with van der Waals surface area (Å²) in [6.45, 7) is 12.2. The molecule has 1 aliphatic rings. The van der Waals surface area contributed by atoms with Gasteiger partial charge in [-0.15, -0.1) is 0 Å². The van der Waals surface area contributed by atoms with Crippen LogP contribution in [-0.2, 0) is 0 Å². The fourth-order valence-electron chi connectivity index (χ4n) is 2.67. The summed E-state index contributed by atoms with van der Waals surface area (Å²) in [6, 6.07) is 0.798. The van der Waals surface area contributed by atoms with Crippen molar-refractivity contribution in [3.63, 3.8) is 0 Å². The summed E-state index contributed by atoms with van der Waals surface area (Å²) < 4.78 is 0. The quantitative estimate of drug-likeness (QED) is 0.637. The van der Waals surface area contributed by atoms with Gasteiger partial charge in [0.25, 0.3) is 0 Å². The maximum atomic E-state index is 2.73. The molecular formula is C14H29N. The molecule has 0 aromatic rings. The predicted molar refractivity (Wildman–Crippen MR) is 68.1 cm³/mol. The molecule has 15 heavy (non-hydrogen) atoms. The van der Waals surface area contributed by atoms with Crippen LogP contribution in [0.3, 0.4) is 0 Å². The Kier molecular flexibility index (Phi) is 5.66. The van der Waals surface area contributed by atoms with Crippen LogP contribution < -0.4 is 0 Å². The van der Waals surface area contributed by atoms with E-state index in [1.165, 1.54) is 45.2 Å². The third kappa shape index (κ3) is 4.14. The minimum atomic E-state index is 0.798. The first-order chi connectivity index (χ1) is 7.15. The van der Waals surface area contributed by atoms with Crippen LogP contribution in [-0.4, -0.2) is 24.0 Å². The van der Waals surface area contributed by atoms with Crippen LogP contribution in [0.4, 0.5) is 0 Å². The Hall–Kier alpha value is -0.0400. The van der Waals surface area contributed by atoms with Gasteiger partial charge >= 0.3 is 0 Å². The van der Waals surface area contributed by atoms with Crippen LogP contribution in [0.1, 0.15) is 59.8 Å². The highest BCUT2D eigenvalue weighted by molar-refractivity contribution is 4.79. The lowest BCUT2D eigenvalue weighted by Gasteiger charge is -2.31. The normalized spacial score (nSPS) is 34.0. The molecule has 0 aromatic heterocycles. The van der Waals surface area contributed by atoms with Crippen LogP contribution >= 0.6 is 0 Å². The number of rotatable bonds is 4. The van der Waals surface area contributed by atoms with Crippen molar-refractivity contribution >= 4 is 0 Å². The van der Waals surface area contributed by atoms with E-state index in [0.717, 1.165) is 17.9 Å². The van der Waals surface area contributed by atoms with Gasteiger partial charge in [0.1, 0.15) is 0 Å². The number of unbranched alkanes of at least 4 members (excludes halogenated alkanes) is 2. The van der Waals surface area contributed by atoms with E-state index >= 15 is 0 Å². The Labute approximate surface area is 96.2 Å². The first kappa shape index (κ1) is 13.0. The SMILES string of the molecule is CCCCCN1CC(C)CCC(C)C1C. The third-order valence-electron chi connectivity index (χ3n) is 4.11. The van der Waals surface area contributed by atoms with Gasteiger partial charge in [-0.1, -0.05) is 33.6 Å².